The Morgan fingerprint density at radius 2 is 1.95 bits per heavy atom. The highest BCUT2D eigenvalue weighted by Crippen LogP contribution is 2.28. The Kier molecular flexibility index (Phi) is 3.74. The van der Waals surface area contributed by atoms with Crippen LogP contribution in [0.25, 0.3) is 0 Å². The maximum atomic E-state index is 3.47. The average molecular weight is 273 g/mol. The summed E-state index contributed by atoms with van der Waals surface area (Å²) in [4.78, 5) is 4.96. The molecular formula is C17H27N3. The Balaban J connectivity index is 1.62. The Morgan fingerprint density at radius 3 is 2.65 bits per heavy atom. The second kappa shape index (κ2) is 5.38. The monoisotopic (exact) mass is 273 g/mol. The summed E-state index contributed by atoms with van der Waals surface area (Å²) in [7, 11) is 4.28. The number of hydrogen-bond acceptors (Lipinski definition) is 3. The molecule has 0 aromatic heterocycles. The fraction of sp³-hybridized carbons (Fsp3) is 0.647. The molecule has 0 spiro atoms. The van der Waals surface area contributed by atoms with E-state index >= 15 is 0 Å². The summed E-state index contributed by atoms with van der Waals surface area (Å²) >= 11 is 0. The zero-order chi connectivity index (χ0) is 14.2. The molecule has 0 radical (unpaired) electrons. The van der Waals surface area contributed by atoms with Crippen LogP contribution in [0.2, 0.25) is 0 Å². The predicted octanol–water partition coefficient (Wildman–Crippen LogP) is 2.25. The van der Waals surface area contributed by atoms with E-state index in [0.717, 1.165) is 6.54 Å². The van der Waals surface area contributed by atoms with Crippen LogP contribution in [0.1, 0.15) is 30.9 Å². The van der Waals surface area contributed by atoms with Gasteiger partial charge in [-0.25, -0.2) is 0 Å². The van der Waals surface area contributed by atoms with Gasteiger partial charge in [0.15, 0.2) is 0 Å². The first-order chi connectivity index (χ1) is 9.59. The van der Waals surface area contributed by atoms with Crippen molar-refractivity contribution < 1.29 is 0 Å². The zero-order valence-corrected chi connectivity index (χ0v) is 13.1. The number of rotatable bonds is 3. The van der Waals surface area contributed by atoms with Crippen molar-refractivity contribution in [2.45, 2.75) is 38.3 Å². The van der Waals surface area contributed by atoms with Crippen molar-refractivity contribution in [3.05, 3.63) is 29.3 Å². The van der Waals surface area contributed by atoms with Gasteiger partial charge in [-0.15, -0.1) is 0 Å². The maximum Gasteiger partial charge on any atom is 0.0397 e. The first-order valence-electron chi connectivity index (χ1n) is 7.84. The molecule has 0 aliphatic carbocycles. The molecule has 1 fully saturated rings. The minimum absolute atomic E-state index is 0.344. The molecule has 0 saturated carbocycles. The topological polar surface area (TPSA) is 18.5 Å². The van der Waals surface area contributed by atoms with Gasteiger partial charge < -0.3 is 10.2 Å². The molecule has 3 rings (SSSR count). The molecule has 0 unspecified atom stereocenters. The minimum atomic E-state index is 0.344. The lowest BCUT2D eigenvalue weighted by molar-refractivity contribution is 0.146. The summed E-state index contributed by atoms with van der Waals surface area (Å²) in [6.45, 7) is 7.03. The number of piperidine rings is 1. The summed E-state index contributed by atoms with van der Waals surface area (Å²) in [6, 6.07) is 7.04. The SMILES string of the molecule is CNC1(C)CCN(Cc2ccc3c(c2)CCN3C)CC1. The fourth-order valence-corrected chi connectivity index (χ4v) is 3.43. The lowest BCUT2D eigenvalue weighted by Crippen LogP contribution is -2.49. The van der Waals surface area contributed by atoms with E-state index in [2.05, 4.69) is 54.3 Å². The lowest BCUT2D eigenvalue weighted by Gasteiger charge is -2.39. The largest absolute Gasteiger partial charge is 0.374 e. The summed E-state index contributed by atoms with van der Waals surface area (Å²) in [5.74, 6) is 0. The van der Waals surface area contributed by atoms with Crippen molar-refractivity contribution in [1.29, 1.82) is 0 Å². The molecule has 3 nitrogen and oxygen atoms in total. The van der Waals surface area contributed by atoms with Gasteiger partial charge in [0.2, 0.25) is 0 Å². The molecule has 2 aliphatic rings. The molecule has 2 heterocycles. The van der Waals surface area contributed by atoms with Gasteiger partial charge in [0.25, 0.3) is 0 Å². The third-order valence-electron chi connectivity index (χ3n) is 5.24. The first-order valence-corrected chi connectivity index (χ1v) is 7.84. The van der Waals surface area contributed by atoms with Crippen LogP contribution in [0.4, 0.5) is 5.69 Å². The molecular weight excluding hydrogens is 246 g/mol. The molecule has 1 N–H and O–H groups in total. The third-order valence-corrected chi connectivity index (χ3v) is 5.24. The van der Waals surface area contributed by atoms with Gasteiger partial charge in [0, 0.05) is 44.5 Å². The van der Waals surface area contributed by atoms with E-state index in [1.165, 1.54) is 55.7 Å². The number of anilines is 1. The van der Waals surface area contributed by atoms with Gasteiger partial charge >= 0.3 is 0 Å². The number of nitrogens with zero attached hydrogens (tertiary/aromatic N) is 2. The number of benzene rings is 1. The van der Waals surface area contributed by atoms with Crippen molar-refractivity contribution in [3.63, 3.8) is 0 Å². The van der Waals surface area contributed by atoms with Gasteiger partial charge in [-0.2, -0.15) is 0 Å². The molecule has 3 heteroatoms. The standard InChI is InChI=1S/C17H27N3/c1-17(18-2)7-10-20(11-8-17)13-14-4-5-16-15(12-14)6-9-19(16)3/h4-5,12,18H,6-11,13H2,1-3H3. The molecule has 0 amide bonds. The van der Waals surface area contributed by atoms with Crippen molar-refractivity contribution in [2.24, 2.45) is 0 Å². The number of likely N-dealkylation sites (N-methyl/N-ethyl adjacent to an activating group) is 1. The second-order valence-electron chi connectivity index (χ2n) is 6.72. The summed E-state index contributed by atoms with van der Waals surface area (Å²) in [5, 5.41) is 3.47. The normalized spacial score (nSPS) is 22.1. The van der Waals surface area contributed by atoms with Gasteiger partial charge in [-0.3, -0.25) is 4.90 Å². The van der Waals surface area contributed by atoms with Gasteiger partial charge in [0.05, 0.1) is 0 Å². The molecule has 1 saturated heterocycles. The quantitative estimate of drug-likeness (QED) is 0.911. The van der Waals surface area contributed by atoms with Gasteiger partial charge in [-0.1, -0.05) is 12.1 Å². The van der Waals surface area contributed by atoms with Crippen LogP contribution in [0.3, 0.4) is 0 Å². The second-order valence-corrected chi connectivity index (χ2v) is 6.72. The molecule has 1 aromatic carbocycles. The Hall–Kier alpha value is -1.06. The summed E-state index contributed by atoms with van der Waals surface area (Å²) in [5.41, 5.74) is 4.78. The van der Waals surface area contributed by atoms with Gasteiger partial charge in [-0.05, 0) is 50.4 Å². The van der Waals surface area contributed by atoms with E-state index in [0.29, 0.717) is 5.54 Å². The minimum Gasteiger partial charge on any atom is -0.374 e. The number of nitrogens with one attached hydrogen (secondary N) is 1. The first kappa shape index (κ1) is 13.9. The van der Waals surface area contributed by atoms with Crippen molar-refractivity contribution in [3.8, 4) is 0 Å². The zero-order valence-electron chi connectivity index (χ0n) is 13.1. The highest BCUT2D eigenvalue weighted by atomic mass is 15.1. The highest BCUT2D eigenvalue weighted by molar-refractivity contribution is 5.58. The molecule has 0 bridgehead atoms. The Morgan fingerprint density at radius 1 is 1.20 bits per heavy atom. The van der Waals surface area contributed by atoms with E-state index in [4.69, 9.17) is 0 Å². The van der Waals surface area contributed by atoms with Crippen LogP contribution >= 0.6 is 0 Å². The van der Waals surface area contributed by atoms with Crippen LogP contribution < -0.4 is 10.2 Å². The maximum absolute atomic E-state index is 3.47. The summed E-state index contributed by atoms with van der Waals surface area (Å²) < 4.78 is 0. The molecule has 0 atom stereocenters. The highest BCUT2D eigenvalue weighted by Gasteiger charge is 2.28. The lowest BCUT2D eigenvalue weighted by atomic mass is 9.89. The number of likely N-dealkylation sites (tertiary alicyclic amines) is 1. The Bertz CT molecular complexity index is 475. The van der Waals surface area contributed by atoms with Crippen LogP contribution in [-0.2, 0) is 13.0 Å². The van der Waals surface area contributed by atoms with Crippen LogP contribution in [-0.4, -0.2) is 44.2 Å². The average Bonchev–Trinajstić information content (AvgIpc) is 2.83. The number of hydrogen-bond donors (Lipinski definition) is 1. The van der Waals surface area contributed by atoms with Gasteiger partial charge in [0.1, 0.15) is 0 Å². The number of fused-ring (bicyclic) bond motifs is 1. The van der Waals surface area contributed by atoms with Crippen molar-refractivity contribution in [2.75, 3.05) is 38.6 Å². The fourth-order valence-electron chi connectivity index (χ4n) is 3.43. The van der Waals surface area contributed by atoms with Crippen LogP contribution in [0.5, 0.6) is 0 Å². The van der Waals surface area contributed by atoms with E-state index in [-0.39, 0.29) is 0 Å². The third kappa shape index (κ3) is 2.70. The van der Waals surface area contributed by atoms with Crippen molar-refractivity contribution >= 4 is 5.69 Å². The van der Waals surface area contributed by atoms with Crippen molar-refractivity contribution in [1.82, 2.24) is 10.2 Å². The van der Waals surface area contributed by atoms with E-state index in [9.17, 15) is 0 Å². The van der Waals surface area contributed by atoms with E-state index in [1.807, 2.05) is 0 Å². The smallest absolute Gasteiger partial charge is 0.0397 e. The summed E-state index contributed by atoms with van der Waals surface area (Å²) in [6.07, 6.45) is 3.70. The molecule has 2 aliphatic heterocycles. The Labute approximate surface area is 123 Å². The van der Waals surface area contributed by atoms with Crippen LogP contribution in [0.15, 0.2) is 18.2 Å². The predicted molar refractivity (Wildman–Crippen MR) is 85.4 cm³/mol. The molecule has 1 aromatic rings. The molecule has 110 valence electrons. The van der Waals surface area contributed by atoms with Crippen LogP contribution in [0, 0.1) is 0 Å². The molecule has 20 heavy (non-hydrogen) atoms. The van der Waals surface area contributed by atoms with E-state index in [1.54, 1.807) is 0 Å². The van der Waals surface area contributed by atoms with E-state index < -0.39 is 0 Å².